The number of carbonyl (C=O) groups is 2. The number of anilines is 1. The Hall–Kier alpha value is -2.17. The zero-order valence-corrected chi connectivity index (χ0v) is 12.6. The Bertz CT molecular complexity index is 742. The number of hydrogen-bond acceptors (Lipinski definition) is 3. The molecule has 1 heterocycles. The van der Waals surface area contributed by atoms with Crippen LogP contribution < -0.4 is 4.90 Å². The van der Waals surface area contributed by atoms with Crippen LogP contribution in [-0.2, 0) is 4.79 Å². The van der Waals surface area contributed by atoms with Crippen LogP contribution >= 0.6 is 11.6 Å². The Morgan fingerprint density at radius 1 is 1.14 bits per heavy atom. The molecule has 5 heteroatoms. The largest absolute Gasteiger partial charge is 0.382 e. The van der Waals surface area contributed by atoms with E-state index in [1.807, 2.05) is 0 Å². The van der Waals surface area contributed by atoms with E-state index in [0.29, 0.717) is 21.8 Å². The smallest absolute Gasteiger partial charge is 0.224 e. The summed E-state index contributed by atoms with van der Waals surface area (Å²) < 4.78 is 0. The molecule has 1 aliphatic rings. The van der Waals surface area contributed by atoms with Crippen LogP contribution in [0, 0.1) is 0 Å². The normalized spacial score (nSPS) is 20.7. The molecular formula is C17H14ClNO3. The second kappa shape index (κ2) is 5.55. The molecule has 22 heavy (non-hydrogen) atoms. The number of rotatable bonds is 1. The molecule has 112 valence electrons. The molecule has 2 atom stereocenters. The van der Waals surface area contributed by atoms with E-state index < -0.39 is 12.1 Å². The maximum Gasteiger partial charge on any atom is 0.224 e. The van der Waals surface area contributed by atoms with Gasteiger partial charge in [-0.05, 0) is 29.8 Å². The van der Waals surface area contributed by atoms with Crippen molar-refractivity contribution in [1.82, 2.24) is 0 Å². The Kier molecular flexibility index (Phi) is 3.72. The lowest BCUT2D eigenvalue weighted by Gasteiger charge is -2.39. The molecule has 1 aliphatic heterocycles. The number of carbonyl (C=O) groups excluding carboxylic acids is 2. The molecular weight excluding hydrogens is 302 g/mol. The van der Waals surface area contributed by atoms with Crippen LogP contribution in [0.25, 0.3) is 0 Å². The third-order valence-corrected chi connectivity index (χ3v) is 4.08. The third-order valence-electron chi connectivity index (χ3n) is 3.83. The van der Waals surface area contributed by atoms with Crippen molar-refractivity contribution in [3.05, 3.63) is 64.7 Å². The van der Waals surface area contributed by atoms with Crippen LogP contribution in [0.3, 0.4) is 0 Å². The van der Waals surface area contributed by atoms with Gasteiger partial charge in [-0.25, -0.2) is 0 Å². The number of aliphatic hydroxyl groups is 1. The molecule has 2 aromatic rings. The predicted octanol–water partition coefficient (Wildman–Crippen LogP) is 2.99. The number of para-hydroxylation sites is 1. The Morgan fingerprint density at radius 2 is 1.77 bits per heavy atom. The van der Waals surface area contributed by atoms with Crippen molar-refractivity contribution in [1.29, 1.82) is 0 Å². The second-order valence-electron chi connectivity index (χ2n) is 5.21. The summed E-state index contributed by atoms with van der Waals surface area (Å²) >= 11 is 5.89. The molecule has 0 fully saturated rings. The quantitative estimate of drug-likeness (QED) is 0.880. The van der Waals surface area contributed by atoms with Crippen molar-refractivity contribution in [3.63, 3.8) is 0 Å². The minimum atomic E-state index is -1.31. The molecule has 0 saturated heterocycles. The van der Waals surface area contributed by atoms with Crippen LogP contribution in [-0.4, -0.2) is 22.9 Å². The highest BCUT2D eigenvalue weighted by Crippen LogP contribution is 2.38. The number of benzene rings is 2. The monoisotopic (exact) mass is 315 g/mol. The first kappa shape index (κ1) is 14.8. The van der Waals surface area contributed by atoms with E-state index in [4.69, 9.17) is 11.6 Å². The molecule has 1 amide bonds. The van der Waals surface area contributed by atoms with E-state index in [2.05, 4.69) is 0 Å². The summed E-state index contributed by atoms with van der Waals surface area (Å²) in [6.07, 6.45) is -1.31. The SMILES string of the molecule is CC(=O)N1c2ccccc2C(=O)[C@H](O)[C@@H]1c1ccc(Cl)cc1. The van der Waals surface area contributed by atoms with Crippen LogP contribution in [0.4, 0.5) is 5.69 Å². The molecule has 4 nitrogen and oxygen atoms in total. The highest BCUT2D eigenvalue weighted by Gasteiger charge is 2.41. The van der Waals surface area contributed by atoms with Crippen LogP contribution in [0.5, 0.6) is 0 Å². The summed E-state index contributed by atoms with van der Waals surface area (Å²) in [5.41, 5.74) is 1.54. The molecule has 0 radical (unpaired) electrons. The van der Waals surface area contributed by atoms with E-state index in [1.54, 1.807) is 48.5 Å². The van der Waals surface area contributed by atoms with Crippen molar-refractivity contribution >= 4 is 29.0 Å². The minimum Gasteiger partial charge on any atom is -0.382 e. The topological polar surface area (TPSA) is 57.6 Å². The van der Waals surface area contributed by atoms with Crippen LogP contribution in [0.1, 0.15) is 28.9 Å². The van der Waals surface area contributed by atoms with E-state index in [-0.39, 0.29) is 11.7 Å². The fourth-order valence-electron chi connectivity index (χ4n) is 2.84. The third kappa shape index (κ3) is 2.30. The molecule has 1 N–H and O–H groups in total. The van der Waals surface area contributed by atoms with Crippen molar-refractivity contribution in [2.75, 3.05) is 4.90 Å². The maximum atomic E-state index is 12.4. The van der Waals surface area contributed by atoms with E-state index >= 15 is 0 Å². The van der Waals surface area contributed by atoms with Crippen molar-refractivity contribution in [2.24, 2.45) is 0 Å². The number of amides is 1. The van der Waals surface area contributed by atoms with Gasteiger partial charge in [-0.2, -0.15) is 0 Å². The van der Waals surface area contributed by atoms with Gasteiger partial charge in [0, 0.05) is 17.5 Å². The number of ketones is 1. The molecule has 0 aliphatic carbocycles. The average molecular weight is 316 g/mol. The first-order valence-corrected chi connectivity index (χ1v) is 7.25. The summed E-state index contributed by atoms with van der Waals surface area (Å²) in [6.45, 7) is 1.42. The zero-order chi connectivity index (χ0) is 15.9. The van der Waals surface area contributed by atoms with Gasteiger partial charge in [0.05, 0.1) is 11.7 Å². The summed E-state index contributed by atoms with van der Waals surface area (Å²) in [7, 11) is 0. The van der Waals surface area contributed by atoms with Gasteiger partial charge in [0.2, 0.25) is 5.91 Å². The standard InChI is InChI=1S/C17H14ClNO3/c1-10(20)19-14-5-3-2-4-13(14)16(21)17(22)15(19)11-6-8-12(18)9-7-11/h2-9,15,17,22H,1H3/t15-,17+/m0/s1. The summed E-state index contributed by atoms with van der Waals surface area (Å²) in [5.74, 6) is -0.619. The minimum absolute atomic E-state index is 0.237. The van der Waals surface area contributed by atoms with Crippen molar-refractivity contribution in [3.8, 4) is 0 Å². The molecule has 0 bridgehead atoms. The molecule has 2 aromatic carbocycles. The number of nitrogens with zero attached hydrogens (tertiary/aromatic N) is 1. The Labute approximate surface area is 132 Å². The fraction of sp³-hybridized carbons (Fsp3) is 0.176. The highest BCUT2D eigenvalue weighted by molar-refractivity contribution is 6.30. The first-order chi connectivity index (χ1) is 10.5. The lowest BCUT2D eigenvalue weighted by Crippen LogP contribution is -2.47. The molecule has 3 rings (SSSR count). The van der Waals surface area contributed by atoms with E-state index in [9.17, 15) is 14.7 Å². The van der Waals surface area contributed by atoms with Gasteiger partial charge in [0.1, 0.15) is 6.10 Å². The molecule has 0 saturated carbocycles. The van der Waals surface area contributed by atoms with Crippen molar-refractivity contribution in [2.45, 2.75) is 19.1 Å². The number of halogens is 1. The highest BCUT2D eigenvalue weighted by atomic mass is 35.5. The van der Waals surface area contributed by atoms with Gasteiger partial charge in [-0.15, -0.1) is 0 Å². The van der Waals surface area contributed by atoms with Gasteiger partial charge in [0.25, 0.3) is 0 Å². The van der Waals surface area contributed by atoms with E-state index in [0.717, 1.165) is 0 Å². The molecule has 0 unspecified atom stereocenters. The fourth-order valence-corrected chi connectivity index (χ4v) is 2.97. The average Bonchev–Trinajstić information content (AvgIpc) is 2.51. The lowest BCUT2D eigenvalue weighted by molar-refractivity contribution is -0.117. The zero-order valence-electron chi connectivity index (χ0n) is 11.9. The van der Waals surface area contributed by atoms with E-state index in [1.165, 1.54) is 11.8 Å². The molecule has 0 aromatic heterocycles. The van der Waals surface area contributed by atoms with Gasteiger partial charge in [0.15, 0.2) is 5.78 Å². The van der Waals surface area contributed by atoms with Gasteiger partial charge < -0.3 is 10.0 Å². The van der Waals surface area contributed by atoms with Crippen molar-refractivity contribution < 1.29 is 14.7 Å². The number of fused-ring (bicyclic) bond motifs is 1. The van der Waals surface area contributed by atoms with Crippen LogP contribution in [0.2, 0.25) is 5.02 Å². The molecule has 0 spiro atoms. The second-order valence-corrected chi connectivity index (χ2v) is 5.65. The summed E-state index contributed by atoms with van der Waals surface area (Å²) in [6, 6.07) is 12.8. The Morgan fingerprint density at radius 3 is 2.41 bits per heavy atom. The lowest BCUT2D eigenvalue weighted by atomic mass is 9.87. The summed E-state index contributed by atoms with van der Waals surface area (Å²) in [5, 5.41) is 11.0. The summed E-state index contributed by atoms with van der Waals surface area (Å²) in [4.78, 5) is 26.0. The Balaban J connectivity index is 2.18. The van der Waals surface area contributed by atoms with Gasteiger partial charge >= 0.3 is 0 Å². The predicted molar refractivity (Wildman–Crippen MR) is 84.1 cm³/mol. The first-order valence-electron chi connectivity index (χ1n) is 6.87. The number of Topliss-reactive ketones (excluding diaryl/α,β-unsaturated/α-hetero) is 1. The maximum absolute atomic E-state index is 12.4. The number of aliphatic hydroxyl groups excluding tert-OH is 1. The van der Waals surface area contributed by atoms with Gasteiger partial charge in [-0.3, -0.25) is 9.59 Å². The number of hydrogen-bond donors (Lipinski definition) is 1. The van der Waals surface area contributed by atoms with Crippen LogP contribution in [0.15, 0.2) is 48.5 Å². The van der Waals surface area contributed by atoms with Gasteiger partial charge in [-0.1, -0.05) is 35.9 Å².